The van der Waals surface area contributed by atoms with Crippen molar-refractivity contribution in [2.75, 3.05) is 18.9 Å². The number of aliphatic hydroxyl groups excluding tert-OH is 6. The lowest BCUT2D eigenvalue weighted by Crippen LogP contribution is -2.59. The Morgan fingerprint density at radius 2 is 1.67 bits per heavy atom. The smallest absolute Gasteiger partial charge is 0.186 e. The van der Waals surface area contributed by atoms with Gasteiger partial charge in [0.25, 0.3) is 0 Å². The van der Waals surface area contributed by atoms with Crippen molar-refractivity contribution in [3.8, 4) is 0 Å². The lowest BCUT2D eigenvalue weighted by molar-refractivity contribution is -0.306. The van der Waals surface area contributed by atoms with Crippen LogP contribution in [0.3, 0.4) is 0 Å². The molecule has 166 valence electrons. The summed E-state index contributed by atoms with van der Waals surface area (Å²) in [5.41, 5.74) is 6.36. The molecule has 0 aliphatic carbocycles. The van der Waals surface area contributed by atoms with Gasteiger partial charge in [-0.1, -0.05) is 0 Å². The summed E-state index contributed by atoms with van der Waals surface area (Å²) in [5, 5.41) is 59.7. The Hall–Kier alpha value is -2.01. The summed E-state index contributed by atoms with van der Waals surface area (Å²) in [7, 11) is 0. The van der Waals surface area contributed by atoms with Crippen molar-refractivity contribution in [1.29, 1.82) is 0 Å². The molecule has 4 heterocycles. The number of aliphatic hydroxyl groups is 6. The zero-order chi connectivity index (χ0) is 21.6. The van der Waals surface area contributed by atoms with E-state index in [4.69, 9.17) is 19.9 Å². The largest absolute Gasteiger partial charge is 0.394 e. The van der Waals surface area contributed by atoms with Gasteiger partial charge in [0.05, 0.1) is 19.5 Å². The fraction of sp³-hybridized carbons (Fsp3) is 0.688. The van der Waals surface area contributed by atoms with Crippen molar-refractivity contribution in [2.24, 2.45) is 0 Å². The van der Waals surface area contributed by atoms with E-state index >= 15 is 0 Å². The fourth-order valence-electron chi connectivity index (χ4n) is 3.55. The standard InChI is InChI=1S/C16H23N5O9/c17-13-7-14(19-3-18-13)21(4-20-7)15-11(26)9(24)6(29-15)2-28-16-12(27)10(25)8(23)5(1-22)30-16/h3-6,8-12,15-16,22-27H,1-2H2,(H2,17,18,19)/t5-,6-,8-,9-,10+,11-,12+,15-,16+/m1/s1. The second-order valence-electron chi connectivity index (χ2n) is 7.16. The molecule has 30 heavy (non-hydrogen) atoms. The molecule has 0 radical (unpaired) electrons. The molecule has 14 nitrogen and oxygen atoms in total. The van der Waals surface area contributed by atoms with Crippen LogP contribution in [0, 0.1) is 0 Å². The van der Waals surface area contributed by atoms with Crippen LogP contribution < -0.4 is 5.73 Å². The maximum absolute atomic E-state index is 10.4. The highest BCUT2D eigenvalue weighted by Crippen LogP contribution is 2.32. The van der Waals surface area contributed by atoms with E-state index < -0.39 is 61.9 Å². The Balaban J connectivity index is 1.45. The van der Waals surface area contributed by atoms with Crippen LogP contribution in [0.4, 0.5) is 5.82 Å². The summed E-state index contributed by atoms with van der Waals surface area (Å²) in [6.07, 6.45) is -9.48. The Kier molecular flexibility index (Phi) is 5.84. The van der Waals surface area contributed by atoms with Gasteiger partial charge < -0.3 is 50.6 Å². The minimum Gasteiger partial charge on any atom is -0.394 e. The van der Waals surface area contributed by atoms with Crippen molar-refractivity contribution in [3.63, 3.8) is 0 Å². The highest BCUT2D eigenvalue weighted by atomic mass is 16.7. The van der Waals surface area contributed by atoms with Gasteiger partial charge in [-0.05, 0) is 0 Å². The Morgan fingerprint density at radius 3 is 2.40 bits per heavy atom. The summed E-state index contributed by atoms with van der Waals surface area (Å²) in [4.78, 5) is 12.0. The topological polar surface area (TPSA) is 219 Å². The third kappa shape index (κ3) is 3.51. The number of anilines is 1. The lowest BCUT2D eigenvalue weighted by atomic mass is 9.99. The molecule has 2 aromatic rings. The SMILES string of the molecule is Nc1ncnc2c1ncn2[C@@H]1O[C@H](CO[C@H]2O[C@H](CO)[C@@H](O)[C@H](O)[C@@H]2O)[C@@H](O)[C@H]1O. The van der Waals surface area contributed by atoms with Gasteiger partial charge in [0.15, 0.2) is 24.0 Å². The number of ether oxygens (including phenoxy) is 3. The van der Waals surface area contributed by atoms with Crippen LogP contribution in [-0.2, 0) is 14.2 Å². The van der Waals surface area contributed by atoms with Crippen LogP contribution in [0.5, 0.6) is 0 Å². The molecule has 0 saturated carbocycles. The number of nitrogen functional groups attached to an aromatic ring is 1. The molecule has 9 atom stereocenters. The Morgan fingerprint density at radius 1 is 0.933 bits per heavy atom. The van der Waals surface area contributed by atoms with Crippen LogP contribution >= 0.6 is 0 Å². The molecule has 0 bridgehead atoms. The van der Waals surface area contributed by atoms with Gasteiger partial charge in [0.2, 0.25) is 0 Å². The maximum Gasteiger partial charge on any atom is 0.186 e. The second-order valence-corrected chi connectivity index (χ2v) is 7.16. The van der Waals surface area contributed by atoms with E-state index in [1.807, 2.05) is 0 Å². The third-order valence-corrected chi connectivity index (χ3v) is 5.27. The Bertz CT molecular complexity index is 882. The number of aromatic nitrogens is 4. The van der Waals surface area contributed by atoms with E-state index in [0.29, 0.717) is 11.2 Å². The van der Waals surface area contributed by atoms with Crippen LogP contribution in [0.2, 0.25) is 0 Å². The van der Waals surface area contributed by atoms with E-state index in [-0.39, 0.29) is 12.4 Å². The lowest BCUT2D eigenvalue weighted by Gasteiger charge is -2.39. The van der Waals surface area contributed by atoms with Gasteiger partial charge in [-0.25, -0.2) is 15.0 Å². The minimum atomic E-state index is -1.60. The Labute approximate surface area is 169 Å². The van der Waals surface area contributed by atoms with Gasteiger partial charge in [0.1, 0.15) is 54.6 Å². The zero-order valence-corrected chi connectivity index (χ0v) is 15.5. The highest BCUT2D eigenvalue weighted by Gasteiger charge is 2.47. The summed E-state index contributed by atoms with van der Waals surface area (Å²) >= 11 is 0. The predicted octanol–water partition coefficient (Wildman–Crippen LogP) is -4.16. The first-order chi connectivity index (χ1) is 14.3. The van der Waals surface area contributed by atoms with Gasteiger partial charge in [-0.2, -0.15) is 0 Å². The number of nitrogens with zero attached hydrogens (tertiary/aromatic N) is 4. The number of fused-ring (bicyclic) bond motifs is 1. The molecule has 2 fully saturated rings. The molecule has 2 aliphatic heterocycles. The fourth-order valence-corrected chi connectivity index (χ4v) is 3.55. The number of hydrogen-bond acceptors (Lipinski definition) is 13. The van der Waals surface area contributed by atoms with E-state index in [9.17, 15) is 30.6 Å². The molecule has 2 saturated heterocycles. The molecule has 0 spiro atoms. The van der Waals surface area contributed by atoms with E-state index in [1.165, 1.54) is 17.2 Å². The van der Waals surface area contributed by atoms with Gasteiger partial charge >= 0.3 is 0 Å². The maximum atomic E-state index is 10.4. The van der Waals surface area contributed by atoms with E-state index in [2.05, 4.69) is 15.0 Å². The van der Waals surface area contributed by atoms with Crippen LogP contribution in [0.1, 0.15) is 6.23 Å². The van der Waals surface area contributed by atoms with Crippen LogP contribution in [0.25, 0.3) is 11.2 Å². The van der Waals surface area contributed by atoms with Gasteiger partial charge in [0, 0.05) is 0 Å². The average molecular weight is 429 g/mol. The molecule has 2 aromatic heterocycles. The normalized spacial score (nSPS) is 39.6. The molecular weight excluding hydrogens is 406 g/mol. The summed E-state index contributed by atoms with van der Waals surface area (Å²) < 4.78 is 17.7. The van der Waals surface area contributed by atoms with Crippen molar-refractivity contribution < 1.29 is 44.8 Å². The molecule has 4 rings (SSSR count). The monoisotopic (exact) mass is 429 g/mol. The van der Waals surface area contributed by atoms with Gasteiger partial charge in [-0.15, -0.1) is 0 Å². The van der Waals surface area contributed by atoms with Crippen molar-refractivity contribution >= 4 is 17.0 Å². The van der Waals surface area contributed by atoms with Crippen molar-refractivity contribution in [3.05, 3.63) is 12.7 Å². The number of imidazole rings is 1. The van der Waals surface area contributed by atoms with E-state index in [0.717, 1.165) is 0 Å². The van der Waals surface area contributed by atoms with Crippen LogP contribution in [-0.4, -0.2) is 112 Å². The van der Waals surface area contributed by atoms with Gasteiger partial charge in [-0.3, -0.25) is 4.57 Å². The third-order valence-electron chi connectivity index (χ3n) is 5.27. The number of rotatable bonds is 5. The van der Waals surface area contributed by atoms with Crippen molar-refractivity contribution in [2.45, 2.75) is 55.2 Å². The molecular formula is C16H23N5O9. The quantitative estimate of drug-likeness (QED) is 0.240. The minimum absolute atomic E-state index is 0.147. The zero-order valence-electron chi connectivity index (χ0n) is 15.5. The number of hydrogen-bond donors (Lipinski definition) is 7. The first kappa shape index (κ1) is 21.2. The molecule has 2 aliphatic rings. The molecule has 0 unspecified atom stereocenters. The number of nitrogens with two attached hydrogens (primary N) is 1. The molecule has 0 aromatic carbocycles. The molecule has 0 amide bonds. The second kappa shape index (κ2) is 8.26. The first-order valence-corrected chi connectivity index (χ1v) is 9.20. The van der Waals surface area contributed by atoms with E-state index in [1.54, 1.807) is 0 Å². The first-order valence-electron chi connectivity index (χ1n) is 9.20. The summed E-state index contributed by atoms with van der Waals surface area (Å²) in [6, 6.07) is 0. The molecule has 8 N–H and O–H groups in total. The average Bonchev–Trinajstić information content (AvgIpc) is 3.28. The van der Waals surface area contributed by atoms with Crippen molar-refractivity contribution in [1.82, 2.24) is 19.5 Å². The highest BCUT2D eigenvalue weighted by molar-refractivity contribution is 5.81. The summed E-state index contributed by atoms with van der Waals surface area (Å²) in [6.45, 7) is -0.936. The predicted molar refractivity (Wildman–Crippen MR) is 95.4 cm³/mol. The molecule has 14 heteroatoms. The summed E-state index contributed by atoms with van der Waals surface area (Å²) in [5.74, 6) is 0.147. The van der Waals surface area contributed by atoms with Crippen LogP contribution in [0.15, 0.2) is 12.7 Å².